The summed E-state index contributed by atoms with van der Waals surface area (Å²) in [4.78, 5) is 4.50. The van der Waals surface area contributed by atoms with E-state index in [1.165, 1.54) is 11.1 Å². The predicted octanol–water partition coefficient (Wildman–Crippen LogP) is 2.08. The highest BCUT2D eigenvalue weighted by Crippen LogP contribution is 2.37. The first-order chi connectivity index (χ1) is 7.38. The van der Waals surface area contributed by atoms with Gasteiger partial charge in [0.2, 0.25) is 6.79 Å². The Labute approximate surface area is 92.5 Å². The molecule has 1 aromatic rings. The van der Waals surface area contributed by atoms with Crippen molar-refractivity contribution >= 4 is 16.8 Å². The van der Waals surface area contributed by atoms with Crippen molar-refractivity contribution in [3.8, 4) is 11.5 Å². The first kappa shape index (κ1) is 9.09. The van der Waals surface area contributed by atoms with Gasteiger partial charge < -0.3 is 9.47 Å². The standard InChI is InChI=1S/C11H11NO2S/c1-15-11-8-5-10-9(13-6-14-10)4-7(8)2-3-12-11/h4-5H,2-3,6H2,1H3. The number of ether oxygens (including phenoxy) is 2. The summed E-state index contributed by atoms with van der Waals surface area (Å²) in [6.45, 7) is 1.22. The van der Waals surface area contributed by atoms with Gasteiger partial charge in [-0.05, 0) is 30.4 Å². The number of hydrogen-bond donors (Lipinski definition) is 0. The fraction of sp³-hybridized carbons (Fsp3) is 0.364. The van der Waals surface area contributed by atoms with E-state index < -0.39 is 0 Å². The second-order valence-electron chi connectivity index (χ2n) is 3.50. The Morgan fingerprint density at radius 1 is 1.27 bits per heavy atom. The van der Waals surface area contributed by atoms with Crippen molar-refractivity contribution in [1.29, 1.82) is 0 Å². The minimum absolute atomic E-state index is 0.337. The Morgan fingerprint density at radius 3 is 2.87 bits per heavy atom. The van der Waals surface area contributed by atoms with Crippen LogP contribution >= 0.6 is 11.8 Å². The van der Waals surface area contributed by atoms with Crippen LogP contribution in [0.1, 0.15) is 11.1 Å². The Kier molecular flexibility index (Phi) is 2.09. The van der Waals surface area contributed by atoms with Gasteiger partial charge >= 0.3 is 0 Å². The molecule has 0 fully saturated rings. The van der Waals surface area contributed by atoms with Gasteiger partial charge in [0.25, 0.3) is 0 Å². The number of rotatable bonds is 0. The van der Waals surface area contributed by atoms with Gasteiger partial charge in [0.1, 0.15) is 0 Å². The highest BCUT2D eigenvalue weighted by atomic mass is 32.2. The number of fused-ring (bicyclic) bond motifs is 2. The summed E-state index contributed by atoms with van der Waals surface area (Å²) in [5.74, 6) is 1.72. The van der Waals surface area contributed by atoms with E-state index in [1.807, 2.05) is 6.07 Å². The maximum Gasteiger partial charge on any atom is 0.231 e. The van der Waals surface area contributed by atoms with Crippen LogP contribution in [-0.2, 0) is 6.42 Å². The van der Waals surface area contributed by atoms with Crippen molar-refractivity contribution in [3.05, 3.63) is 23.3 Å². The molecule has 1 aromatic carbocycles. The minimum atomic E-state index is 0.337. The molecule has 0 radical (unpaired) electrons. The number of thioether (sulfide) groups is 1. The third-order valence-corrected chi connectivity index (χ3v) is 3.39. The lowest BCUT2D eigenvalue weighted by Gasteiger charge is -2.15. The average molecular weight is 221 g/mol. The molecule has 0 saturated carbocycles. The van der Waals surface area contributed by atoms with Crippen molar-refractivity contribution in [2.75, 3.05) is 19.6 Å². The molecule has 2 heterocycles. The van der Waals surface area contributed by atoms with Gasteiger partial charge in [0.15, 0.2) is 11.5 Å². The number of aliphatic imine (C=N–C) groups is 1. The summed E-state index contributed by atoms with van der Waals surface area (Å²) in [5, 5.41) is 1.11. The number of nitrogens with zero attached hydrogens (tertiary/aromatic N) is 1. The van der Waals surface area contributed by atoms with Crippen LogP contribution in [0.4, 0.5) is 0 Å². The summed E-state index contributed by atoms with van der Waals surface area (Å²) in [5.41, 5.74) is 2.52. The largest absolute Gasteiger partial charge is 0.454 e. The van der Waals surface area contributed by atoms with E-state index in [9.17, 15) is 0 Å². The summed E-state index contributed by atoms with van der Waals surface area (Å²) in [6, 6.07) is 4.13. The van der Waals surface area contributed by atoms with Gasteiger partial charge in [-0.1, -0.05) is 0 Å². The Bertz CT molecular complexity index is 442. The zero-order chi connectivity index (χ0) is 10.3. The quantitative estimate of drug-likeness (QED) is 0.672. The molecule has 0 aliphatic carbocycles. The highest BCUT2D eigenvalue weighted by molar-refractivity contribution is 8.13. The maximum atomic E-state index is 5.37. The topological polar surface area (TPSA) is 30.8 Å². The van der Waals surface area contributed by atoms with Crippen LogP contribution in [0.5, 0.6) is 11.5 Å². The molecule has 2 aliphatic rings. The highest BCUT2D eigenvalue weighted by Gasteiger charge is 2.21. The number of benzene rings is 1. The molecule has 3 rings (SSSR count). The molecule has 0 N–H and O–H groups in total. The summed E-state index contributed by atoms with van der Waals surface area (Å²) in [7, 11) is 0. The van der Waals surface area contributed by atoms with Gasteiger partial charge in [-0.2, -0.15) is 0 Å². The van der Waals surface area contributed by atoms with E-state index in [2.05, 4.69) is 17.3 Å². The van der Waals surface area contributed by atoms with Crippen LogP contribution in [0.3, 0.4) is 0 Å². The minimum Gasteiger partial charge on any atom is -0.454 e. The molecule has 0 saturated heterocycles. The summed E-state index contributed by atoms with van der Waals surface area (Å²) >= 11 is 1.69. The fourth-order valence-electron chi connectivity index (χ4n) is 1.93. The van der Waals surface area contributed by atoms with Crippen LogP contribution < -0.4 is 9.47 Å². The van der Waals surface area contributed by atoms with E-state index in [0.717, 1.165) is 29.5 Å². The van der Waals surface area contributed by atoms with E-state index in [0.29, 0.717) is 6.79 Å². The molecule has 0 atom stereocenters. The van der Waals surface area contributed by atoms with Crippen molar-refractivity contribution in [2.24, 2.45) is 4.99 Å². The SMILES string of the molecule is CSC1=NCCc2cc3c(cc21)OCO3. The zero-order valence-electron chi connectivity index (χ0n) is 8.45. The van der Waals surface area contributed by atoms with Crippen molar-refractivity contribution < 1.29 is 9.47 Å². The smallest absolute Gasteiger partial charge is 0.231 e. The second-order valence-corrected chi connectivity index (χ2v) is 4.30. The predicted molar refractivity (Wildman–Crippen MR) is 61.2 cm³/mol. The lowest BCUT2D eigenvalue weighted by molar-refractivity contribution is 0.174. The lowest BCUT2D eigenvalue weighted by Crippen LogP contribution is -2.09. The molecule has 2 aliphatic heterocycles. The molecule has 0 bridgehead atoms. The Hall–Kier alpha value is -1.16. The van der Waals surface area contributed by atoms with Crippen LogP contribution in [0, 0.1) is 0 Å². The molecule has 0 spiro atoms. The van der Waals surface area contributed by atoms with Crippen LogP contribution in [0.2, 0.25) is 0 Å². The summed E-state index contributed by atoms with van der Waals surface area (Å²) < 4.78 is 10.7. The van der Waals surface area contributed by atoms with Crippen LogP contribution in [-0.4, -0.2) is 24.6 Å². The van der Waals surface area contributed by atoms with Gasteiger partial charge in [0.05, 0.1) is 5.04 Å². The van der Waals surface area contributed by atoms with E-state index in [4.69, 9.17) is 9.47 Å². The first-order valence-corrected chi connectivity index (χ1v) is 6.12. The molecule has 0 aromatic heterocycles. The number of hydrogen-bond acceptors (Lipinski definition) is 4. The molecule has 78 valence electrons. The normalized spacial score (nSPS) is 17.3. The third kappa shape index (κ3) is 1.40. The third-order valence-electron chi connectivity index (χ3n) is 2.66. The molecular formula is C11H11NO2S. The van der Waals surface area contributed by atoms with Crippen molar-refractivity contribution in [2.45, 2.75) is 6.42 Å². The molecule has 4 heteroatoms. The maximum absolute atomic E-state index is 5.37. The molecular weight excluding hydrogens is 210 g/mol. The van der Waals surface area contributed by atoms with Crippen molar-refractivity contribution in [1.82, 2.24) is 0 Å². The van der Waals surface area contributed by atoms with Crippen molar-refractivity contribution in [3.63, 3.8) is 0 Å². The zero-order valence-corrected chi connectivity index (χ0v) is 9.26. The van der Waals surface area contributed by atoms with Gasteiger partial charge in [0, 0.05) is 12.1 Å². The summed E-state index contributed by atoms with van der Waals surface area (Å²) in [6.07, 6.45) is 3.05. The fourth-order valence-corrected chi connectivity index (χ4v) is 2.56. The van der Waals surface area contributed by atoms with E-state index >= 15 is 0 Å². The van der Waals surface area contributed by atoms with Crippen LogP contribution in [0.25, 0.3) is 0 Å². The Morgan fingerprint density at radius 2 is 2.07 bits per heavy atom. The lowest BCUT2D eigenvalue weighted by atomic mass is 10.0. The van der Waals surface area contributed by atoms with Gasteiger partial charge in [-0.15, -0.1) is 11.8 Å². The molecule has 3 nitrogen and oxygen atoms in total. The van der Waals surface area contributed by atoms with Crippen LogP contribution in [0.15, 0.2) is 17.1 Å². The Balaban J connectivity index is 2.14. The van der Waals surface area contributed by atoms with E-state index in [-0.39, 0.29) is 0 Å². The monoisotopic (exact) mass is 221 g/mol. The molecule has 0 unspecified atom stereocenters. The molecule has 0 amide bonds. The van der Waals surface area contributed by atoms with E-state index in [1.54, 1.807) is 11.8 Å². The average Bonchev–Trinajstić information content (AvgIpc) is 2.72. The second kappa shape index (κ2) is 3.45. The van der Waals surface area contributed by atoms with Gasteiger partial charge in [-0.25, -0.2) is 0 Å². The molecule has 15 heavy (non-hydrogen) atoms. The first-order valence-electron chi connectivity index (χ1n) is 4.90. The van der Waals surface area contributed by atoms with Gasteiger partial charge in [-0.3, -0.25) is 4.99 Å².